The van der Waals surface area contributed by atoms with Gasteiger partial charge in [-0.25, -0.2) is 0 Å². The van der Waals surface area contributed by atoms with Crippen LogP contribution in [0.4, 0.5) is 0 Å². The summed E-state index contributed by atoms with van der Waals surface area (Å²) in [7, 11) is 0. The van der Waals surface area contributed by atoms with Gasteiger partial charge in [-0.15, -0.1) is 0 Å². The summed E-state index contributed by atoms with van der Waals surface area (Å²) in [6, 6.07) is 7.80. The number of carbonyl (C=O) groups excluding carboxylic acids is 1. The Balaban J connectivity index is 2.34. The Hall–Kier alpha value is -1.59. The van der Waals surface area contributed by atoms with Crippen LogP contribution in [0.2, 0.25) is 0 Å². The van der Waals surface area contributed by atoms with E-state index in [1.807, 2.05) is 24.3 Å². The van der Waals surface area contributed by atoms with E-state index in [4.69, 9.17) is 16.2 Å². The second-order valence-corrected chi connectivity index (χ2v) is 5.65. The van der Waals surface area contributed by atoms with E-state index in [1.165, 1.54) is 0 Å². The third kappa shape index (κ3) is 7.68. The standard InChI is InChI=1S/C16H27N3O2/c1-13(2)11-19(12-16(18)20)7-4-8-21-15-6-3-5-14(9-15)10-17/h3,5-6,9,13H,4,7-8,10-12,17H2,1-2H3,(H2,18,20). The van der Waals surface area contributed by atoms with Gasteiger partial charge in [0.1, 0.15) is 5.75 Å². The Bertz CT molecular complexity index is 435. The molecule has 1 amide bonds. The number of nitrogens with two attached hydrogens (primary N) is 2. The van der Waals surface area contributed by atoms with Gasteiger partial charge >= 0.3 is 0 Å². The Morgan fingerprint density at radius 3 is 2.76 bits per heavy atom. The molecule has 1 aromatic rings. The van der Waals surface area contributed by atoms with Crippen LogP contribution in [-0.4, -0.2) is 37.0 Å². The van der Waals surface area contributed by atoms with Gasteiger partial charge in [0, 0.05) is 19.6 Å². The molecule has 118 valence electrons. The van der Waals surface area contributed by atoms with Crippen molar-refractivity contribution in [1.29, 1.82) is 0 Å². The van der Waals surface area contributed by atoms with Crippen LogP contribution in [0.5, 0.6) is 5.75 Å². The molecule has 21 heavy (non-hydrogen) atoms. The Kier molecular flexibility index (Phi) is 7.79. The first-order valence-corrected chi connectivity index (χ1v) is 7.43. The third-order valence-electron chi connectivity index (χ3n) is 3.02. The van der Waals surface area contributed by atoms with Crippen LogP contribution in [-0.2, 0) is 11.3 Å². The van der Waals surface area contributed by atoms with E-state index in [0.717, 1.165) is 30.8 Å². The number of amides is 1. The predicted molar refractivity (Wildman–Crippen MR) is 84.9 cm³/mol. The molecule has 0 fully saturated rings. The van der Waals surface area contributed by atoms with Crippen LogP contribution >= 0.6 is 0 Å². The molecule has 0 aliphatic heterocycles. The SMILES string of the molecule is CC(C)CN(CCCOc1cccc(CN)c1)CC(N)=O. The first-order valence-electron chi connectivity index (χ1n) is 7.43. The molecule has 5 heteroatoms. The largest absolute Gasteiger partial charge is 0.494 e. The summed E-state index contributed by atoms with van der Waals surface area (Å²) in [6.45, 7) is 7.36. The molecule has 0 saturated heterocycles. The topological polar surface area (TPSA) is 81.6 Å². The van der Waals surface area contributed by atoms with Crippen LogP contribution in [0, 0.1) is 5.92 Å². The van der Waals surface area contributed by atoms with Crippen molar-refractivity contribution in [1.82, 2.24) is 4.90 Å². The van der Waals surface area contributed by atoms with E-state index in [1.54, 1.807) is 0 Å². The zero-order valence-electron chi connectivity index (χ0n) is 13.0. The minimum atomic E-state index is -0.285. The molecule has 0 bridgehead atoms. The van der Waals surface area contributed by atoms with Gasteiger partial charge in [0.15, 0.2) is 0 Å². The molecule has 0 saturated carbocycles. The fraction of sp³-hybridized carbons (Fsp3) is 0.562. The molecule has 0 atom stereocenters. The van der Waals surface area contributed by atoms with Gasteiger partial charge in [-0.2, -0.15) is 0 Å². The van der Waals surface area contributed by atoms with Crippen LogP contribution in [0.15, 0.2) is 24.3 Å². The maximum atomic E-state index is 11.1. The second-order valence-electron chi connectivity index (χ2n) is 5.65. The Labute approximate surface area is 127 Å². The molecule has 0 aliphatic carbocycles. The highest BCUT2D eigenvalue weighted by Gasteiger charge is 2.09. The van der Waals surface area contributed by atoms with Gasteiger partial charge < -0.3 is 16.2 Å². The Morgan fingerprint density at radius 1 is 1.38 bits per heavy atom. The van der Waals surface area contributed by atoms with Gasteiger partial charge in [0.2, 0.25) is 5.91 Å². The van der Waals surface area contributed by atoms with Gasteiger partial charge in [-0.1, -0.05) is 26.0 Å². The van der Waals surface area contributed by atoms with Crippen LogP contribution in [0.3, 0.4) is 0 Å². The van der Waals surface area contributed by atoms with E-state index in [2.05, 4.69) is 18.7 Å². The highest BCUT2D eigenvalue weighted by molar-refractivity contribution is 5.75. The van der Waals surface area contributed by atoms with Crippen molar-refractivity contribution >= 4 is 5.91 Å². The molecule has 4 N–H and O–H groups in total. The highest BCUT2D eigenvalue weighted by atomic mass is 16.5. The molecule has 0 spiro atoms. The lowest BCUT2D eigenvalue weighted by Gasteiger charge is -2.22. The summed E-state index contributed by atoms with van der Waals surface area (Å²) in [4.78, 5) is 13.1. The van der Waals surface area contributed by atoms with Gasteiger partial charge in [-0.3, -0.25) is 9.69 Å². The number of carbonyl (C=O) groups is 1. The molecule has 0 aliphatic rings. The normalized spacial score (nSPS) is 11.1. The monoisotopic (exact) mass is 293 g/mol. The smallest absolute Gasteiger partial charge is 0.231 e. The minimum absolute atomic E-state index is 0.285. The molecule has 0 heterocycles. The third-order valence-corrected chi connectivity index (χ3v) is 3.02. The number of hydrogen-bond donors (Lipinski definition) is 2. The molecule has 1 rings (SSSR count). The zero-order valence-corrected chi connectivity index (χ0v) is 13.0. The molecule has 0 aromatic heterocycles. The molecule has 0 unspecified atom stereocenters. The van der Waals surface area contributed by atoms with E-state index < -0.39 is 0 Å². The average Bonchev–Trinajstić information content (AvgIpc) is 2.42. The average molecular weight is 293 g/mol. The second kappa shape index (κ2) is 9.37. The van der Waals surface area contributed by atoms with Crippen LogP contribution in [0.1, 0.15) is 25.8 Å². The first kappa shape index (κ1) is 17.5. The highest BCUT2D eigenvalue weighted by Crippen LogP contribution is 2.13. The fourth-order valence-corrected chi connectivity index (χ4v) is 2.21. The molecule has 5 nitrogen and oxygen atoms in total. The van der Waals surface area contributed by atoms with Crippen LogP contribution in [0.25, 0.3) is 0 Å². The number of benzene rings is 1. The summed E-state index contributed by atoms with van der Waals surface area (Å²) in [6.07, 6.45) is 0.854. The van der Waals surface area contributed by atoms with Crippen molar-refractivity contribution in [3.05, 3.63) is 29.8 Å². The minimum Gasteiger partial charge on any atom is -0.494 e. The van der Waals surface area contributed by atoms with E-state index in [9.17, 15) is 4.79 Å². The molecular weight excluding hydrogens is 266 g/mol. The number of ether oxygens (including phenoxy) is 1. The van der Waals surface area contributed by atoms with Crippen molar-refractivity contribution in [2.24, 2.45) is 17.4 Å². The summed E-state index contributed by atoms with van der Waals surface area (Å²) < 4.78 is 5.71. The van der Waals surface area contributed by atoms with Gasteiger partial charge in [-0.05, 0) is 30.0 Å². The van der Waals surface area contributed by atoms with Crippen LogP contribution < -0.4 is 16.2 Å². The van der Waals surface area contributed by atoms with Crippen molar-refractivity contribution in [2.45, 2.75) is 26.8 Å². The van der Waals surface area contributed by atoms with Crippen molar-refractivity contribution in [2.75, 3.05) is 26.2 Å². The number of primary amides is 1. The fourth-order valence-electron chi connectivity index (χ4n) is 2.21. The first-order chi connectivity index (χ1) is 10.0. The molecular formula is C16H27N3O2. The lowest BCUT2D eigenvalue weighted by molar-refractivity contribution is -0.119. The van der Waals surface area contributed by atoms with Crippen molar-refractivity contribution < 1.29 is 9.53 Å². The number of hydrogen-bond acceptors (Lipinski definition) is 4. The quantitative estimate of drug-likeness (QED) is 0.638. The maximum Gasteiger partial charge on any atom is 0.231 e. The summed E-state index contributed by atoms with van der Waals surface area (Å²) >= 11 is 0. The lowest BCUT2D eigenvalue weighted by Crippen LogP contribution is -2.37. The summed E-state index contributed by atoms with van der Waals surface area (Å²) in [5.74, 6) is 1.06. The van der Waals surface area contributed by atoms with E-state index >= 15 is 0 Å². The summed E-state index contributed by atoms with van der Waals surface area (Å²) in [5.41, 5.74) is 11.9. The Morgan fingerprint density at radius 2 is 2.14 bits per heavy atom. The zero-order chi connectivity index (χ0) is 15.7. The maximum absolute atomic E-state index is 11.1. The lowest BCUT2D eigenvalue weighted by atomic mass is 10.2. The van der Waals surface area contributed by atoms with Gasteiger partial charge in [0.05, 0.1) is 13.2 Å². The number of rotatable bonds is 10. The predicted octanol–water partition coefficient (Wildman–Crippen LogP) is 1.36. The van der Waals surface area contributed by atoms with E-state index in [-0.39, 0.29) is 5.91 Å². The summed E-state index contributed by atoms with van der Waals surface area (Å²) in [5, 5.41) is 0. The van der Waals surface area contributed by atoms with Crippen molar-refractivity contribution in [3.63, 3.8) is 0 Å². The molecule has 1 aromatic carbocycles. The van der Waals surface area contributed by atoms with E-state index in [0.29, 0.717) is 25.6 Å². The number of nitrogens with zero attached hydrogens (tertiary/aromatic N) is 1. The van der Waals surface area contributed by atoms with Gasteiger partial charge in [0.25, 0.3) is 0 Å². The van der Waals surface area contributed by atoms with Crippen molar-refractivity contribution in [3.8, 4) is 5.75 Å². The molecule has 0 radical (unpaired) electrons.